The summed E-state index contributed by atoms with van der Waals surface area (Å²) in [5, 5.41) is 8.20. The molecule has 0 radical (unpaired) electrons. The summed E-state index contributed by atoms with van der Waals surface area (Å²) in [4.78, 5) is 20.6. The smallest absolute Gasteiger partial charge is 0.418 e. The van der Waals surface area contributed by atoms with Crippen molar-refractivity contribution in [2.75, 3.05) is 0 Å². The van der Waals surface area contributed by atoms with Crippen LogP contribution in [0.4, 0.5) is 0 Å². The highest BCUT2D eigenvalue weighted by molar-refractivity contribution is 6.28. The van der Waals surface area contributed by atoms with Crippen molar-refractivity contribution >= 4 is 11.9 Å². The summed E-state index contributed by atoms with van der Waals surface area (Å²) in [6.07, 6.45) is -0.0368. The van der Waals surface area contributed by atoms with Crippen molar-refractivity contribution in [1.82, 2.24) is 0 Å². The lowest BCUT2D eigenvalue weighted by molar-refractivity contribution is -0.167. The molecule has 0 aliphatic rings. The summed E-state index contributed by atoms with van der Waals surface area (Å²) >= 11 is 0. The van der Waals surface area contributed by atoms with Crippen LogP contribution < -0.4 is 11.5 Å². The van der Waals surface area contributed by atoms with Crippen LogP contribution in [-0.2, 0) is 14.3 Å². The average molecular weight is 204 g/mol. The Bertz CT molecular complexity index is 222. The molecular formula is C8H16N2O4. The number of ether oxygens (including phenoxy) is 1. The van der Waals surface area contributed by atoms with Crippen molar-refractivity contribution in [1.29, 1.82) is 0 Å². The van der Waals surface area contributed by atoms with Crippen LogP contribution in [0.2, 0.25) is 0 Å². The van der Waals surface area contributed by atoms with E-state index in [1.165, 1.54) is 0 Å². The first-order chi connectivity index (χ1) is 6.22. The second-order valence-electron chi connectivity index (χ2n) is 3.78. The third-order valence-corrected chi connectivity index (χ3v) is 1.51. The van der Waals surface area contributed by atoms with Gasteiger partial charge < -0.3 is 15.6 Å². The van der Waals surface area contributed by atoms with E-state index < -0.39 is 23.7 Å². The van der Waals surface area contributed by atoms with Gasteiger partial charge in [-0.2, -0.15) is 0 Å². The van der Waals surface area contributed by atoms with Crippen LogP contribution >= 0.6 is 0 Å². The zero-order valence-electron chi connectivity index (χ0n) is 8.32. The molecule has 0 fully saturated rings. The fourth-order valence-corrected chi connectivity index (χ4v) is 0.761. The molecule has 0 aliphatic carbocycles. The third kappa shape index (κ3) is 6.38. The second kappa shape index (κ2) is 4.92. The SMILES string of the molecule is CC(C)(N)CCC(N)OC(=O)C(=O)O. The van der Waals surface area contributed by atoms with Crippen molar-refractivity contribution in [3.8, 4) is 0 Å². The summed E-state index contributed by atoms with van der Waals surface area (Å²) in [5.74, 6) is -2.99. The van der Waals surface area contributed by atoms with Gasteiger partial charge >= 0.3 is 11.9 Å². The first-order valence-corrected chi connectivity index (χ1v) is 4.21. The van der Waals surface area contributed by atoms with E-state index in [1.54, 1.807) is 13.8 Å². The first-order valence-electron chi connectivity index (χ1n) is 4.21. The number of hydrogen-bond donors (Lipinski definition) is 3. The number of carbonyl (C=O) groups excluding carboxylic acids is 1. The van der Waals surface area contributed by atoms with Gasteiger partial charge in [0, 0.05) is 5.54 Å². The van der Waals surface area contributed by atoms with E-state index in [0.29, 0.717) is 12.8 Å². The lowest BCUT2D eigenvalue weighted by Crippen LogP contribution is -2.36. The van der Waals surface area contributed by atoms with E-state index >= 15 is 0 Å². The average Bonchev–Trinajstić information content (AvgIpc) is 1.99. The summed E-state index contributed by atoms with van der Waals surface area (Å²) in [6, 6.07) is 0. The van der Waals surface area contributed by atoms with Gasteiger partial charge in [-0.1, -0.05) is 0 Å². The first kappa shape index (κ1) is 12.9. The minimum Gasteiger partial charge on any atom is -0.473 e. The summed E-state index contributed by atoms with van der Waals surface area (Å²) in [7, 11) is 0. The molecule has 0 aromatic carbocycles. The van der Waals surface area contributed by atoms with Crippen molar-refractivity contribution in [2.45, 2.75) is 38.5 Å². The number of hydrogen-bond acceptors (Lipinski definition) is 5. The second-order valence-corrected chi connectivity index (χ2v) is 3.78. The number of aliphatic carboxylic acids is 1. The molecule has 0 bridgehead atoms. The molecule has 0 amide bonds. The Labute approximate surface area is 82.2 Å². The predicted octanol–water partition coefficient (Wildman–Crippen LogP) is -0.583. The highest BCUT2D eigenvalue weighted by atomic mass is 16.6. The molecule has 0 aromatic heterocycles. The number of nitrogens with two attached hydrogens (primary N) is 2. The summed E-state index contributed by atoms with van der Waals surface area (Å²) in [6.45, 7) is 3.61. The zero-order chi connectivity index (χ0) is 11.4. The molecule has 0 saturated heterocycles. The van der Waals surface area contributed by atoms with Crippen LogP contribution in [-0.4, -0.2) is 28.8 Å². The molecule has 6 nitrogen and oxygen atoms in total. The molecular weight excluding hydrogens is 188 g/mol. The molecule has 6 heteroatoms. The van der Waals surface area contributed by atoms with E-state index in [0.717, 1.165) is 0 Å². The number of carbonyl (C=O) groups is 2. The third-order valence-electron chi connectivity index (χ3n) is 1.51. The topological polar surface area (TPSA) is 116 Å². The summed E-state index contributed by atoms with van der Waals surface area (Å²) < 4.78 is 4.39. The molecule has 0 rings (SSSR count). The van der Waals surface area contributed by atoms with Gasteiger partial charge in [-0.15, -0.1) is 0 Å². The van der Waals surface area contributed by atoms with Crippen molar-refractivity contribution in [2.24, 2.45) is 11.5 Å². The molecule has 5 N–H and O–H groups in total. The predicted molar refractivity (Wildman–Crippen MR) is 49.2 cm³/mol. The summed E-state index contributed by atoms with van der Waals surface area (Å²) in [5.41, 5.74) is 10.6. The van der Waals surface area contributed by atoms with Crippen LogP contribution in [0.1, 0.15) is 26.7 Å². The van der Waals surface area contributed by atoms with Gasteiger partial charge in [0.15, 0.2) is 6.23 Å². The molecule has 1 atom stereocenters. The van der Waals surface area contributed by atoms with Crippen LogP contribution in [0.3, 0.4) is 0 Å². The fourth-order valence-electron chi connectivity index (χ4n) is 0.761. The van der Waals surface area contributed by atoms with Crippen LogP contribution in [0.5, 0.6) is 0 Å². The maximum absolute atomic E-state index is 10.5. The van der Waals surface area contributed by atoms with E-state index in [1.807, 2.05) is 0 Å². The van der Waals surface area contributed by atoms with E-state index in [9.17, 15) is 9.59 Å². The van der Waals surface area contributed by atoms with Gasteiger partial charge in [0.2, 0.25) is 0 Å². The molecule has 0 heterocycles. The van der Waals surface area contributed by atoms with Gasteiger partial charge in [-0.25, -0.2) is 9.59 Å². The van der Waals surface area contributed by atoms with Crippen molar-refractivity contribution < 1.29 is 19.4 Å². The fraction of sp³-hybridized carbons (Fsp3) is 0.750. The number of esters is 1. The largest absolute Gasteiger partial charge is 0.473 e. The Kier molecular flexibility index (Phi) is 4.52. The molecule has 0 spiro atoms. The van der Waals surface area contributed by atoms with Gasteiger partial charge in [-0.3, -0.25) is 5.73 Å². The van der Waals surface area contributed by atoms with Gasteiger partial charge in [0.1, 0.15) is 0 Å². The number of carboxylic acids is 1. The number of carboxylic acid groups (broad SMARTS) is 1. The van der Waals surface area contributed by atoms with Crippen LogP contribution in [0.15, 0.2) is 0 Å². The quantitative estimate of drug-likeness (QED) is 0.320. The molecule has 0 aliphatic heterocycles. The van der Waals surface area contributed by atoms with Crippen molar-refractivity contribution in [3.05, 3.63) is 0 Å². The zero-order valence-corrected chi connectivity index (χ0v) is 8.32. The Hall–Kier alpha value is -1.14. The molecule has 1 unspecified atom stereocenters. The van der Waals surface area contributed by atoms with E-state index in [2.05, 4.69) is 4.74 Å². The molecule has 14 heavy (non-hydrogen) atoms. The van der Waals surface area contributed by atoms with Crippen molar-refractivity contribution in [3.63, 3.8) is 0 Å². The lowest BCUT2D eigenvalue weighted by atomic mass is 10.00. The number of rotatable bonds is 4. The lowest BCUT2D eigenvalue weighted by Gasteiger charge is -2.20. The maximum atomic E-state index is 10.5. The Morgan fingerprint density at radius 2 is 2.00 bits per heavy atom. The molecule has 82 valence electrons. The minimum absolute atomic E-state index is 0.336. The maximum Gasteiger partial charge on any atom is 0.418 e. The molecule has 0 saturated carbocycles. The standard InChI is InChI=1S/C8H16N2O4/c1-8(2,10)4-3-5(9)14-7(13)6(11)12/h5H,3-4,9-10H2,1-2H3,(H,11,12). The van der Waals surface area contributed by atoms with E-state index in [4.69, 9.17) is 16.6 Å². The Morgan fingerprint density at radius 1 is 1.50 bits per heavy atom. The monoisotopic (exact) mass is 204 g/mol. The van der Waals surface area contributed by atoms with Crippen LogP contribution in [0.25, 0.3) is 0 Å². The highest BCUT2D eigenvalue weighted by Crippen LogP contribution is 2.09. The van der Waals surface area contributed by atoms with Gasteiger partial charge in [-0.05, 0) is 26.7 Å². The normalized spacial score (nSPS) is 13.4. The van der Waals surface area contributed by atoms with Gasteiger partial charge in [0.25, 0.3) is 0 Å². The van der Waals surface area contributed by atoms with Gasteiger partial charge in [0.05, 0.1) is 0 Å². The highest BCUT2D eigenvalue weighted by Gasteiger charge is 2.19. The Balaban J connectivity index is 3.82. The molecule has 0 aromatic rings. The van der Waals surface area contributed by atoms with Crippen LogP contribution in [0, 0.1) is 0 Å². The Morgan fingerprint density at radius 3 is 2.36 bits per heavy atom. The minimum atomic E-state index is -1.65. The van der Waals surface area contributed by atoms with E-state index in [-0.39, 0.29) is 0 Å².